The first kappa shape index (κ1) is 56.1. The highest BCUT2D eigenvalue weighted by Crippen LogP contribution is 2.61. The molecule has 66 heavy (non-hydrogen) atoms. The molecule has 0 atom stereocenters. The van der Waals surface area contributed by atoms with Crippen LogP contribution in [0.15, 0.2) is 54.6 Å². The third-order valence-corrected chi connectivity index (χ3v) is 13.6. The second-order valence-electron chi connectivity index (χ2n) is 18.8. The molecule has 0 spiro atoms. The Morgan fingerprint density at radius 2 is 0.530 bits per heavy atom. The number of hydrogen-bond acceptors (Lipinski definition) is 7. The lowest BCUT2D eigenvalue weighted by molar-refractivity contribution is -0.193. The molecule has 0 unspecified atom stereocenters. The van der Waals surface area contributed by atoms with Gasteiger partial charge in [-0.2, -0.15) is 19.2 Å². The van der Waals surface area contributed by atoms with Crippen LogP contribution in [0.5, 0.6) is 17.2 Å². The number of rotatable bonds is 37. The van der Waals surface area contributed by atoms with Gasteiger partial charge in [0.15, 0.2) is 0 Å². The summed E-state index contributed by atoms with van der Waals surface area (Å²) in [6, 6.07) is 20.5. The summed E-state index contributed by atoms with van der Waals surface area (Å²) in [5, 5.41) is 0. The molecule has 2 bridgehead atoms. The summed E-state index contributed by atoms with van der Waals surface area (Å²) in [7, 11) is 0. The van der Waals surface area contributed by atoms with Gasteiger partial charge in [0, 0.05) is 28.5 Å². The van der Waals surface area contributed by atoms with Crippen molar-refractivity contribution < 1.29 is 33.4 Å². The fourth-order valence-electron chi connectivity index (χ4n) is 10.2. The maximum Gasteiger partial charge on any atom is 0.373 e. The first-order valence-electron chi connectivity index (χ1n) is 26.9. The molecule has 0 saturated carbocycles. The Morgan fingerprint density at radius 3 is 0.758 bits per heavy atom. The zero-order chi connectivity index (χ0) is 47.3. The van der Waals surface area contributed by atoms with E-state index in [0.29, 0.717) is 0 Å². The number of hydrogen-bond donors (Lipinski definition) is 0. The summed E-state index contributed by atoms with van der Waals surface area (Å²) in [5.41, 5.74) is 8.22. The van der Waals surface area contributed by atoms with Crippen molar-refractivity contribution in [1.29, 1.82) is 0 Å². The fourth-order valence-corrected chi connectivity index (χ4v) is 10.2. The van der Waals surface area contributed by atoms with Crippen LogP contribution in [0.4, 0.5) is 0 Å². The Labute approximate surface area is 400 Å². The van der Waals surface area contributed by atoms with Gasteiger partial charge in [0.2, 0.25) is 0 Å². The Bertz CT molecular complexity index is 1680. The second-order valence-corrected chi connectivity index (χ2v) is 18.8. The molecule has 6 rings (SSSR count). The summed E-state index contributed by atoms with van der Waals surface area (Å²) in [4.78, 5) is 32.5. The minimum atomic E-state index is 0.0383. The van der Waals surface area contributed by atoms with Gasteiger partial charge in [-0.05, 0) is 54.2 Å². The Balaban J connectivity index is 0.00000182. The van der Waals surface area contributed by atoms with E-state index in [1.807, 2.05) is 0 Å². The zero-order valence-corrected chi connectivity index (χ0v) is 41.8. The van der Waals surface area contributed by atoms with Gasteiger partial charge in [-0.15, -0.1) is 0 Å². The third-order valence-electron chi connectivity index (χ3n) is 13.6. The topological polar surface area (TPSA) is 96.0 Å². The molecule has 366 valence electrons. The average molecular weight is 909 g/mol. The standard InChI is InChI=1S/C57H88O3.2CO2/c1-4-7-10-13-16-19-22-25-28-31-34-46-60-52-43-37-40-49-53-47-38-35-41-50(58-44-32-29-26-23-20-17-14-11-8-5-2)54(47)57(56(49)52)55-48(53)39-36-42-51(55)59-45-33-30-27-24-21-18-15-12-9-6-3;2*2-1-3/h35-43,53,57H,4-34,44-46H2,1-3H3;;. The lowest BCUT2D eigenvalue weighted by Crippen LogP contribution is -2.29. The molecule has 3 aromatic rings. The minimum absolute atomic E-state index is 0.0383. The van der Waals surface area contributed by atoms with Crippen molar-refractivity contribution in [3.63, 3.8) is 0 Å². The van der Waals surface area contributed by atoms with E-state index in [9.17, 15) is 0 Å². The van der Waals surface area contributed by atoms with Gasteiger partial charge in [0.25, 0.3) is 0 Å². The van der Waals surface area contributed by atoms with Crippen molar-refractivity contribution >= 4 is 12.3 Å². The molecule has 0 amide bonds. The van der Waals surface area contributed by atoms with Crippen LogP contribution in [0.25, 0.3) is 0 Å². The van der Waals surface area contributed by atoms with Crippen molar-refractivity contribution in [2.75, 3.05) is 19.8 Å². The van der Waals surface area contributed by atoms with Gasteiger partial charge >= 0.3 is 12.3 Å². The molecule has 0 heterocycles. The normalized spacial score (nSPS) is 13.7. The van der Waals surface area contributed by atoms with Crippen LogP contribution in [0.2, 0.25) is 0 Å². The molecular weight excluding hydrogens is 821 g/mol. The van der Waals surface area contributed by atoms with Crippen LogP contribution < -0.4 is 14.2 Å². The average Bonchev–Trinajstić information content (AvgIpc) is 3.33. The number of unbranched alkanes of at least 4 members (excludes halogenated alkanes) is 28. The summed E-state index contributed by atoms with van der Waals surface area (Å²) < 4.78 is 20.4. The van der Waals surface area contributed by atoms with Gasteiger partial charge in [-0.3, -0.25) is 0 Å². The van der Waals surface area contributed by atoms with Gasteiger partial charge in [0.05, 0.1) is 19.8 Å². The van der Waals surface area contributed by atoms with Crippen molar-refractivity contribution in [2.45, 2.75) is 232 Å². The van der Waals surface area contributed by atoms with Gasteiger partial charge < -0.3 is 14.2 Å². The van der Waals surface area contributed by atoms with Gasteiger partial charge in [-0.25, -0.2) is 0 Å². The minimum Gasteiger partial charge on any atom is -0.493 e. The molecular formula is C59H88O7. The maximum absolute atomic E-state index is 8.12. The summed E-state index contributed by atoms with van der Waals surface area (Å²) in [5.74, 6) is 3.36. The van der Waals surface area contributed by atoms with Crippen molar-refractivity contribution in [3.05, 3.63) is 88.0 Å². The number of ether oxygens (including phenoxy) is 3. The number of carbonyl (C=O) groups excluding carboxylic acids is 4. The Hall–Kier alpha value is -4.18. The van der Waals surface area contributed by atoms with Gasteiger partial charge in [-0.1, -0.05) is 237 Å². The largest absolute Gasteiger partial charge is 0.493 e. The van der Waals surface area contributed by atoms with Crippen LogP contribution in [0.3, 0.4) is 0 Å². The predicted octanol–water partition coefficient (Wildman–Crippen LogP) is 16.8. The van der Waals surface area contributed by atoms with Crippen molar-refractivity contribution in [1.82, 2.24) is 0 Å². The highest BCUT2D eigenvalue weighted by Gasteiger charge is 2.46. The maximum atomic E-state index is 8.12. The van der Waals surface area contributed by atoms with E-state index in [4.69, 9.17) is 33.4 Å². The smallest absolute Gasteiger partial charge is 0.373 e. The first-order chi connectivity index (χ1) is 32.6. The molecule has 3 aromatic carbocycles. The second kappa shape index (κ2) is 36.9. The number of benzene rings is 3. The molecule has 3 aliphatic carbocycles. The summed E-state index contributed by atoms with van der Waals surface area (Å²) in [6.45, 7) is 9.23. The third kappa shape index (κ3) is 20.0. The van der Waals surface area contributed by atoms with Gasteiger partial charge in [0.1, 0.15) is 17.2 Å². The lowest BCUT2D eigenvalue weighted by atomic mass is 9.60. The molecule has 0 aliphatic heterocycles. The summed E-state index contributed by atoms with van der Waals surface area (Å²) in [6.07, 6.45) is 42.0. The molecule has 3 aliphatic rings. The van der Waals surface area contributed by atoms with E-state index >= 15 is 0 Å². The van der Waals surface area contributed by atoms with Crippen molar-refractivity contribution in [3.8, 4) is 17.2 Å². The van der Waals surface area contributed by atoms with E-state index in [2.05, 4.69) is 75.4 Å². The van der Waals surface area contributed by atoms with Crippen LogP contribution in [-0.2, 0) is 19.2 Å². The van der Waals surface area contributed by atoms with E-state index in [1.54, 1.807) is 0 Å². The molecule has 0 radical (unpaired) electrons. The molecule has 7 nitrogen and oxygen atoms in total. The summed E-state index contributed by atoms with van der Waals surface area (Å²) >= 11 is 0. The van der Waals surface area contributed by atoms with Crippen molar-refractivity contribution in [2.24, 2.45) is 0 Å². The van der Waals surface area contributed by atoms with E-state index in [0.717, 1.165) is 56.3 Å². The van der Waals surface area contributed by atoms with Crippen LogP contribution >= 0.6 is 0 Å². The Kier molecular flexibility index (Phi) is 31.4. The fraction of sp³-hybridized carbons (Fsp3) is 0.661. The first-order valence-corrected chi connectivity index (χ1v) is 26.9. The lowest BCUT2D eigenvalue weighted by Gasteiger charge is -2.44. The molecule has 0 aromatic heterocycles. The highest BCUT2D eigenvalue weighted by atomic mass is 16.5. The van der Waals surface area contributed by atoms with Crippen LogP contribution in [0, 0.1) is 0 Å². The predicted molar refractivity (Wildman–Crippen MR) is 268 cm³/mol. The van der Waals surface area contributed by atoms with Crippen LogP contribution in [0.1, 0.15) is 265 Å². The van der Waals surface area contributed by atoms with E-state index in [1.165, 1.54) is 213 Å². The Morgan fingerprint density at radius 1 is 0.318 bits per heavy atom. The molecule has 0 N–H and O–H groups in total. The molecule has 7 heteroatoms. The van der Waals surface area contributed by atoms with E-state index < -0.39 is 0 Å². The molecule has 0 fully saturated rings. The quantitative estimate of drug-likeness (QED) is 0.0366. The SMILES string of the molecule is CCCCCCCCCCCCCOc1cccc2c1C1c3c(OCCCCCCCCCCCC)cccc3C2c2cccc(OCCCCCCCCCCCC)c21.O=C=O.O=C=O. The zero-order valence-electron chi connectivity index (χ0n) is 41.8. The highest BCUT2D eigenvalue weighted by molar-refractivity contribution is 5.74. The van der Waals surface area contributed by atoms with E-state index in [-0.39, 0.29) is 24.1 Å². The molecule has 0 saturated heterocycles. The van der Waals surface area contributed by atoms with Crippen LogP contribution in [-0.4, -0.2) is 32.1 Å². The monoisotopic (exact) mass is 909 g/mol.